The van der Waals surface area contributed by atoms with E-state index in [4.69, 9.17) is 5.11 Å². The maximum Gasteiger partial charge on any atom is 0.0471 e. The summed E-state index contributed by atoms with van der Waals surface area (Å²) >= 11 is 0. The Morgan fingerprint density at radius 1 is 1.55 bits per heavy atom. The first-order chi connectivity index (χ1) is 5.22. The summed E-state index contributed by atoms with van der Waals surface area (Å²) in [5, 5.41) is 12.3. The van der Waals surface area contributed by atoms with Gasteiger partial charge in [-0.25, -0.2) is 0 Å². The lowest BCUT2D eigenvalue weighted by Gasteiger charge is -2.12. The summed E-state index contributed by atoms with van der Waals surface area (Å²) in [6.07, 6.45) is 2.41. The van der Waals surface area contributed by atoms with E-state index in [-0.39, 0.29) is 0 Å². The van der Waals surface area contributed by atoms with Gasteiger partial charge in [0.2, 0.25) is 0 Å². The van der Waals surface area contributed by atoms with Crippen LogP contribution in [0.2, 0.25) is 0 Å². The Morgan fingerprint density at radius 2 is 2.27 bits per heavy atom. The minimum absolute atomic E-state index is 0.349. The fraction of sp³-hybridized carbons (Fsp3) is 1.00. The second-order valence-corrected chi connectivity index (χ2v) is 4.02. The molecule has 1 rings (SSSR count). The summed E-state index contributed by atoms with van der Waals surface area (Å²) in [6.45, 7) is 5.84. The van der Waals surface area contributed by atoms with Crippen molar-refractivity contribution in [1.82, 2.24) is 5.32 Å². The Kier molecular flexibility index (Phi) is 3.34. The van der Waals surface area contributed by atoms with E-state index < -0.39 is 0 Å². The van der Waals surface area contributed by atoms with Crippen LogP contribution in [0.1, 0.15) is 26.7 Å². The first-order valence-corrected chi connectivity index (χ1v) is 4.56. The summed E-state index contributed by atoms with van der Waals surface area (Å²) in [5.74, 6) is 1.28. The van der Waals surface area contributed by atoms with Crippen LogP contribution >= 0.6 is 0 Å². The maximum atomic E-state index is 8.88. The number of aliphatic hydroxyl groups is 1. The third-order valence-corrected chi connectivity index (χ3v) is 2.33. The smallest absolute Gasteiger partial charge is 0.0471 e. The van der Waals surface area contributed by atoms with Gasteiger partial charge in [-0.1, -0.05) is 13.8 Å². The second-order valence-electron chi connectivity index (χ2n) is 4.02. The van der Waals surface area contributed by atoms with Crippen LogP contribution in [0.3, 0.4) is 0 Å². The molecule has 0 saturated carbocycles. The van der Waals surface area contributed by atoms with Gasteiger partial charge in [-0.05, 0) is 24.7 Å². The number of nitrogens with one attached hydrogen (secondary N) is 1. The molecule has 1 fully saturated rings. The molecule has 0 spiro atoms. The number of aliphatic hydroxyl groups excluding tert-OH is 1. The molecule has 1 saturated heterocycles. The van der Waals surface area contributed by atoms with Gasteiger partial charge in [-0.3, -0.25) is 0 Å². The minimum Gasteiger partial charge on any atom is -0.396 e. The predicted molar refractivity (Wildman–Crippen MR) is 46.4 cm³/mol. The molecule has 2 atom stereocenters. The van der Waals surface area contributed by atoms with E-state index in [1.54, 1.807) is 0 Å². The first-order valence-electron chi connectivity index (χ1n) is 4.56. The van der Waals surface area contributed by atoms with Gasteiger partial charge in [0.1, 0.15) is 0 Å². The standard InChI is InChI=1S/C9H19NO/c1-7(2)3-9-4-8(6-11)5-10-9/h7-11H,3-6H2,1-2H3. The quantitative estimate of drug-likeness (QED) is 0.640. The SMILES string of the molecule is CC(C)CC1CC(CO)CN1. The lowest BCUT2D eigenvalue weighted by Crippen LogP contribution is -2.22. The van der Waals surface area contributed by atoms with E-state index in [2.05, 4.69) is 19.2 Å². The fourth-order valence-corrected chi connectivity index (χ4v) is 1.79. The van der Waals surface area contributed by atoms with Crippen LogP contribution in [-0.4, -0.2) is 24.3 Å². The van der Waals surface area contributed by atoms with Crippen LogP contribution < -0.4 is 5.32 Å². The van der Waals surface area contributed by atoms with Gasteiger partial charge in [0.25, 0.3) is 0 Å². The molecule has 1 aliphatic heterocycles. The highest BCUT2D eigenvalue weighted by atomic mass is 16.3. The predicted octanol–water partition coefficient (Wildman–Crippen LogP) is 1.00. The molecule has 0 aromatic rings. The zero-order valence-corrected chi connectivity index (χ0v) is 7.51. The van der Waals surface area contributed by atoms with Crippen LogP contribution in [0.4, 0.5) is 0 Å². The number of rotatable bonds is 3. The molecule has 11 heavy (non-hydrogen) atoms. The highest BCUT2D eigenvalue weighted by molar-refractivity contribution is 4.81. The van der Waals surface area contributed by atoms with Gasteiger partial charge in [-0.15, -0.1) is 0 Å². The largest absolute Gasteiger partial charge is 0.396 e. The van der Waals surface area contributed by atoms with E-state index in [0.717, 1.165) is 18.9 Å². The zero-order valence-electron chi connectivity index (χ0n) is 7.51. The van der Waals surface area contributed by atoms with Crippen molar-refractivity contribution in [3.8, 4) is 0 Å². The highest BCUT2D eigenvalue weighted by Crippen LogP contribution is 2.18. The molecule has 0 aliphatic carbocycles. The Hall–Kier alpha value is -0.0800. The molecule has 66 valence electrons. The Morgan fingerprint density at radius 3 is 2.73 bits per heavy atom. The van der Waals surface area contributed by atoms with Crippen molar-refractivity contribution in [3.63, 3.8) is 0 Å². The number of hydrogen-bond acceptors (Lipinski definition) is 2. The summed E-state index contributed by atoms with van der Waals surface area (Å²) in [5.41, 5.74) is 0. The van der Waals surface area contributed by atoms with Crippen LogP contribution in [0.25, 0.3) is 0 Å². The van der Waals surface area contributed by atoms with E-state index in [9.17, 15) is 0 Å². The van der Waals surface area contributed by atoms with Crippen molar-refractivity contribution in [2.45, 2.75) is 32.7 Å². The molecule has 2 unspecified atom stereocenters. The van der Waals surface area contributed by atoms with Gasteiger partial charge in [-0.2, -0.15) is 0 Å². The molecule has 0 amide bonds. The summed E-state index contributed by atoms with van der Waals surface area (Å²) < 4.78 is 0. The van der Waals surface area contributed by atoms with E-state index in [1.807, 2.05) is 0 Å². The molecule has 2 heteroatoms. The average molecular weight is 157 g/mol. The average Bonchev–Trinajstić information content (AvgIpc) is 2.34. The summed E-state index contributed by atoms with van der Waals surface area (Å²) in [6, 6.07) is 0.659. The molecule has 2 N–H and O–H groups in total. The molecule has 0 aromatic heterocycles. The van der Waals surface area contributed by atoms with Gasteiger partial charge in [0, 0.05) is 19.2 Å². The van der Waals surface area contributed by atoms with Gasteiger partial charge < -0.3 is 10.4 Å². The fourth-order valence-electron chi connectivity index (χ4n) is 1.79. The van der Waals surface area contributed by atoms with Crippen LogP contribution in [-0.2, 0) is 0 Å². The monoisotopic (exact) mass is 157 g/mol. The molecule has 0 radical (unpaired) electrons. The molecule has 1 aliphatic rings. The van der Waals surface area contributed by atoms with Crippen molar-refractivity contribution in [2.24, 2.45) is 11.8 Å². The number of hydrogen-bond donors (Lipinski definition) is 2. The summed E-state index contributed by atoms with van der Waals surface area (Å²) in [4.78, 5) is 0. The molecule has 1 heterocycles. The third kappa shape index (κ3) is 2.80. The normalized spacial score (nSPS) is 31.6. The second kappa shape index (κ2) is 4.07. The van der Waals surface area contributed by atoms with Crippen molar-refractivity contribution >= 4 is 0 Å². The van der Waals surface area contributed by atoms with Crippen molar-refractivity contribution in [2.75, 3.05) is 13.2 Å². The summed E-state index contributed by atoms with van der Waals surface area (Å²) in [7, 11) is 0. The third-order valence-electron chi connectivity index (χ3n) is 2.33. The van der Waals surface area contributed by atoms with Crippen LogP contribution in [0.5, 0.6) is 0 Å². The maximum absolute atomic E-state index is 8.88. The van der Waals surface area contributed by atoms with Crippen molar-refractivity contribution in [3.05, 3.63) is 0 Å². The van der Waals surface area contributed by atoms with Gasteiger partial charge >= 0.3 is 0 Å². The van der Waals surface area contributed by atoms with E-state index in [1.165, 1.54) is 6.42 Å². The van der Waals surface area contributed by atoms with Crippen LogP contribution in [0, 0.1) is 11.8 Å². The molecule has 0 bridgehead atoms. The zero-order chi connectivity index (χ0) is 8.27. The molecular formula is C9H19NO. The van der Waals surface area contributed by atoms with E-state index >= 15 is 0 Å². The van der Waals surface area contributed by atoms with Crippen LogP contribution in [0.15, 0.2) is 0 Å². The van der Waals surface area contributed by atoms with Crippen molar-refractivity contribution in [1.29, 1.82) is 0 Å². The topological polar surface area (TPSA) is 32.3 Å². The minimum atomic E-state index is 0.349. The molecule has 2 nitrogen and oxygen atoms in total. The van der Waals surface area contributed by atoms with Gasteiger partial charge in [0.15, 0.2) is 0 Å². The Balaban J connectivity index is 2.19. The van der Waals surface area contributed by atoms with E-state index in [0.29, 0.717) is 18.6 Å². The Labute approximate surface area is 69.0 Å². The molecule has 0 aromatic carbocycles. The first kappa shape index (κ1) is 9.01. The lowest BCUT2D eigenvalue weighted by atomic mass is 9.99. The van der Waals surface area contributed by atoms with Gasteiger partial charge in [0.05, 0.1) is 0 Å². The van der Waals surface area contributed by atoms with Crippen molar-refractivity contribution < 1.29 is 5.11 Å². The molecular weight excluding hydrogens is 138 g/mol. The Bertz CT molecular complexity index is 114. The lowest BCUT2D eigenvalue weighted by molar-refractivity contribution is 0.234. The highest BCUT2D eigenvalue weighted by Gasteiger charge is 2.23.